The summed E-state index contributed by atoms with van der Waals surface area (Å²) in [5, 5.41) is 8.59. The summed E-state index contributed by atoms with van der Waals surface area (Å²) in [7, 11) is 0. The van der Waals surface area contributed by atoms with Crippen molar-refractivity contribution in [3.8, 4) is 5.75 Å². The first-order valence-electron chi connectivity index (χ1n) is 11.1. The topological polar surface area (TPSA) is 60.2 Å². The molecular formula is C25H34N2O3. The number of carbonyl (C=O) groups excluding carboxylic acids is 1. The van der Waals surface area contributed by atoms with Crippen molar-refractivity contribution in [1.82, 2.24) is 0 Å². The number of aryl methyl sites for hydroxylation is 1. The lowest BCUT2D eigenvalue weighted by molar-refractivity contribution is -0.146. The van der Waals surface area contributed by atoms with E-state index in [0.717, 1.165) is 24.9 Å². The molecule has 5 nitrogen and oxygen atoms in total. The molecule has 0 saturated carbocycles. The molecule has 2 rings (SSSR count). The summed E-state index contributed by atoms with van der Waals surface area (Å²) in [6, 6.07) is 15.3. The van der Waals surface area contributed by atoms with Crippen molar-refractivity contribution in [3.05, 3.63) is 54.1 Å². The van der Waals surface area contributed by atoms with E-state index in [9.17, 15) is 4.79 Å². The Labute approximate surface area is 180 Å². The minimum Gasteiger partial charge on any atom is -0.422 e. The first-order chi connectivity index (χ1) is 14.6. The number of esters is 1. The van der Waals surface area contributed by atoms with Crippen LogP contribution in [-0.2, 0) is 16.0 Å². The Kier molecular flexibility index (Phi) is 10.8. The smallest absolute Gasteiger partial charge is 0.340 e. The van der Waals surface area contributed by atoms with Crippen LogP contribution in [0.25, 0.3) is 0 Å². The molecular weight excluding hydrogens is 376 g/mol. The van der Waals surface area contributed by atoms with Gasteiger partial charge in [-0.3, -0.25) is 0 Å². The monoisotopic (exact) mass is 410 g/mol. The number of benzene rings is 2. The highest BCUT2D eigenvalue weighted by atomic mass is 16.6. The fourth-order valence-corrected chi connectivity index (χ4v) is 2.89. The Bertz CT molecular complexity index is 787. The molecule has 5 heteroatoms. The predicted molar refractivity (Wildman–Crippen MR) is 121 cm³/mol. The zero-order valence-electron chi connectivity index (χ0n) is 18.5. The normalized spacial score (nSPS) is 12.2. The largest absolute Gasteiger partial charge is 0.422 e. The zero-order valence-corrected chi connectivity index (χ0v) is 18.5. The minimum absolute atomic E-state index is 0.379. The first kappa shape index (κ1) is 23.7. The van der Waals surface area contributed by atoms with Gasteiger partial charge in [0, 0.05) is 6.61 Å². The second kappa shape index (κ2) is 13.6. The van der Waals surface area contributed by atoms with E-state index < -0.39 is 12.1 Å². The van der Waals surface area contributed by atoms with Gasteiger partial charge in [-0.15, -0.1) is 5.11 Å². The van der Waals surface area contributed by atoms with E-state index in [1.165, 1.54) is 31.2 Å². The van der Waals surface area contributed by atoms with Crippen molar-refractivity contribution in [3.63, 3.8) is 0 Å². The number of unbranched alkanes of at least 4 members (excludes halogenated alkanes) is 4. The first-order valence-corrected chi connectivity index (χ1v) is 11.1. The van der Waals surface area contributed by atoms with Crippen molar-refractivity contribution >= 4 is 17.3 Å². The van der Waals surface area contributed by atoms with Crippen LogP contribution in [0.1, 0.15) is 64.9 Å². The van der Waals surface area contributed by atoms with Gasteiger partial charge in [0.15, 0.2) is 11.9 Å². The third-order valence-electron chi connectivity index (χ3n) is 4.80. The summed E-state index contributed by atoms with van der Waals surface area (Å²) < 4.78 is 11.0. The number of azo groups is 1. The molecule has 30 heavy (non-hydrogen) atoms. The molecule has 0 saturated heterocycles. The second-order valence-electron chi connectivity index (χ2n) is 7.43. The van der Waals surface area contributed by atoms with Crippen LogP contribution in [0.5, 0.6) is 5.75 Å². The van der Waals surface area contributed by atoms with E-state index in [2.05, 4.69) is 36.2 Å². The molecule has 0 spiro atoms. The lowest BCUT2D eigenvalue weighted by Gasteiger charge is -2.12. The summed E-state index contributed by atoms with van der Waals surface area (Å²) in [4.78, 5) is 12.3. The molecule has 1 unspecified atom stereocenters. The third-order valence-corrected chi connectivity index (χ3v) is 4.80. The van der Waals surface area contributed by atoms with E-state index in [1.54, 1.807) is 25.1 Å². The van der Waals surface area contributed by atoms with Crippen LogP contribution < -0.4 is 4.74 Å². The Balaban J connectivity index is 1.95. The van der Waals surface area contributed by atoms with Gasteiger partial charge in [0.2, 0.25) is 0 Å². The van der Waals surface area contributed by atoms with E-state index in [1.807, 2.05) is 18.2 Å². The van der Waals surface area contributed by atoms with Gasteiger partial charge in [0.1, 0.15) is 5.69 Å². The molecule has 0 aromatic heterocycles. The number of hydrogen-bond acceptors (Lipinski definition) is 5. The summed E-state index contributed by atoms with van der Waals surface area (Å²) >= 11 is 0. The van der Waals surface area contributed by atoms with Gasteiger partial charge >= 0.3 is 5.97 Å². The van der Waals surface area contributed by atoms with Crippen LogP contribution in [0.15, 0.2) is 58.8 Å². The fraction of sp³-hybridized carbons (Fsp3) is 0.480. The minimum atomic E-state index is -0.619. The molecule has 162 valence electrons. The van der Waals surface area contributed by atoms with Gasteiger partial charge in [0.05, 0.1) is 5.69 Å². The van der Waals surface area contributed by atoms with Crippen LogP contribution in [0, 0.1) is 0 Å². The van der Waals surface area contributed by atoms with Crippen LogP contribution >= 0.6 is 0 Å². The highest BCUT2D eigenvalue weighted by Gasteiger charge is 2.17. The number of hydrogen-bond donors (Lipinski definition) is 0. The highest BCUT2D eigenvalue weighted by molar-refractivity contribution is 5.78. The van der Waals surface area contributed by atoms with E-state index in [-0.39, 0.29) is 0 Å². The van der Waals surface area contributed by atoms with Crippen molar-refractivity contribution in [2.45, 2.75) is 71.8 Å². The molecule has 0 bridgehead atoms. The lowest BCUT2D eigenvalue weighted by atomic mass is 10.1. The summed E-state index contributed by atoms with van der Waals surface area (Å²) in [5.41, 5.74) is 2.59. The summed E-state index contributed by atoms with van der Waals surface area (Å²) in [6.07, 6.45) is 7.44. The van der Waals surface area contributed by atoms with Gasteiger partial charge in [0.25, 0.3) is 0 Å². The molecule has 0 aliphatic heterocycles. The van der Waals surface area contributed by atoms with Crippen molar-refractivity contribution in [1.29, 1.82) is 0 Å². The van der Waals surface area contributed by atoms with E-state index >= 15 is 0 Å². The highest BCUT2D eigenvalue weighted by Crippen LogP contribution is 2.29. The van der Waals surface area contributed by atoms with Crippen LogP contribution in [0.2, 0.25) is 0 Å². The molecule has 1 atom stereocenters. The summed E-state index contributed by atoms with van der Waals surface area (Å²) in [6.45, 7) is 6.55. The average molecular weight is 411 g/mol. The van der Waals surface area contributed by atoms with Crippen LogP contribution in [-0.4, -0.2) is 18.7 Å². The van der Waals surface area contributed by atoms with E-state index in [0.29, 0.717) is 18.0 Å². The van der Waals surface area contributed by atoms with E-state index in [4.69, 9.17) is 9.47 Å². The maximum Gasteiger partial charge on any atom is 0.340 e. The lowest BCUT2D eigenvalue weighted by Crippen LogP contribution is -2.26. The second-order valence-corrected chi connectivity index (χ2v) is 7.43. The van der Waals surface area contributed by atoms with Gasteiger partial charge in [-0.25, -0.2) is 4.79 Å². The molecule has 0 heterocycles. The molecule has 2 aromatic rings. The SMILES string of the molecule is CCCCCCc1ccc(N=Nc2ccccc2OC(=O)C(C)OCCCC)cc1. The quantitative estimate of drug-likeness (QED) is 0.150. The number of ether oxygens (including phenoxy) is 2. The van der Waals surface area contributed by atoms with Gasteiger partial charge in [-0.05, 0) is 56.0 Å². The maximum absolute atomic E-state index is 12.3. The molecule has 0 radical (unpaired) electrons. The molecule has 0 fully saturated rings. The summed E-state index contributed by atoms with van der Waals surface area (Å²) in [5.74, 6) is -0.0501. The zero-order chi connectivity index (χ0) is 21.6. The van der Waals surface area contributed by atoms with Crippen molar-refractivity contribution in [2.75, 3.05) is 6.61 Å². The fourth-order valence-electron chi connectivity index (χ4n) is 2.89. The standard InChI is InChI=1S/C25H34N2O3/c1-4-6-8-9-12-21-15-17-22(18-16-21)26-27-23-13-10-11-14-24(23)30-25(28)20(3)29-19-7-5-2/h10-11,13-18,20H,4-9,12,19H2,1-3H3. The maximum atomic E-state index is 12.3. The van der Waals surface area contributed by atoms with Crippen LogP contribution in [0.3, 0.4) is 0 Å². The van der Waals surface area contributed by atoms with Crippen molar-refractivity contribution in [2.24, 2.45) is 10.2 Å². The number of carbonyl (C=O) groups is 1. The van der Waals surface area contributed by atoms with Gasteiger partial charge in [-0.1, -0.05) is 63.8 Å². The molecule has 2 aromatic carbocycles. The van der Waals surface area contributed by atoms with Gasteiger partial charge in [-0.2, -0.15) is 5.11 Å². The molecule has 0 amide bonds. The van der Waals surface area contributed by atoms with Gasteiger partial charge < -0.3 is 9.47 Å². The average Bonchev–Trinajstić information content (AvgIpc) is 2.77. The van der Waals surface area contributed by atoms with Crippen LogP contribution in [0.4, 0.5) is 11.4 Å². The number of para-hydroxylation sites is 1. The third kappa shape index (κ3) is 8.46. The molecule has 0 aliphatic carbocycles. The Morgan fingerprint density at radius 1 is 0.900 bits per heavy atom. The Morgan fingerprint density at radius 2 is 1.63 bits per heavy atom. The molecule has 0 N–H and O–H groups in total. The number of rotatable bonds is 13. The predicted octanol–water partition coefficient (Wildman–Crippen LogP) is 7.34. The Morgan fingerprint density at radius 3 is 2.37 bits per heavy atom. The van der Waals surface area contributed by atoms with Crippen molar-refractivity contribution < 1.29 is 14.3 Å². The Hall–Kier alpha value is -2.53. The molecule has 0 aliphatic rings. The number of nitrogens with zero attached hydrogens (tertiary/aromatic N) is 2.